The van der Waals surface area contributed by atoms with Crippen molar-refractivity contribution < 1.29 is 18.0 Å². The Bertz CT molecular complexity index is 624. The first-order valence-corrected chi connectivity index (χ1v) is 5.28. The van der Waals surface area contributed by atoms with Crippen molar-refractivity contribution in [3.8, 4) is 0 Å². The van der Waals surface area contributed by atoms with Gasteiger partial charge in [0.15, 0.2) is 0 Å². The number of hydrogen-bond donors (Lipinski definition) is 2. The summed E-state index contributed by atoms with van der Waals surface area (Å²) in [7, 11) is 0. The van der Waals surface area contributed by atoms with Crippen LogP contribution >= 0.6 is 0 Å². The summed E-state index contributed by atoms with van der Waals surface area (Å²) in [6, 6.07) is 6.03. The number of carbonyl (C=O) groups is 1. The van der Waals surface area contributed by atoms with Crippen LogP contribution in [0.2, 0.25) is 0 Å². The fraction of sp³-hybridized carbons (Fsp3) is 0. The van der Waals surface area contributed by atoms with Crippen LogP contribution in [0.25, 0.3) is 0 Å². The number of halogens is 3. The summed E-state index contributed by atoms with van der Waals surface area (Å²) in [5, 5.41) is 2.21. The summed E-state index contributed by atoms with van der Waals surface area (Å²) in [6.07, 6.45) is 0. The Morgan fingerprint density at radius 2 is 1.63 bits per heavy atom. The van der Waals surface area contributed by atoms with E-state index >= 15 is 0 Å². The minimum atomic E-state index is -0.886. The predicted molar refractivity (Wildman–Crippen MR) is 65.1 cm³/mol. The van der Waals surface area contributed by atoms with Gasteiger partial charge in [0.1, 0.15) is 17.5 Å². The molecule has 0 unspecified atom stereocenters. The number of nitrogens with two attached hydrogens (primary N) is 1. The molecule has 0 radical (unpaired) electrons. The quantitative estimate of drug-likeness (QED) is 0.821. The van der Waals surface area contributed by atoms with Gasteiger partial charge in [-0.1, -0.05) is 0 Å². The van der Waals surface area contributed by atoms with Crippen LogP contribution < -0.4 is 11.1 Å². The van der Waals surface area contributed by atoms with Gasteiger partial charge in [0.2, 0.25) is 0 Å². The van der Waals surface area contributed by atoms with Gasteiger partial charge in [-0.25, -0.2) is 13.2 Å². The normalized spacial score (nSPS) is 10.3. The maximum Gasteiger partial charge on any atom is 0.255 e. The lowest BCUT2D eigenvalue weighted by molar-refractivity contribution is 0.102. The van der Waals surface area contributed by atoms with Gasteiger partial charge < -0.3 is 11.1 Å². The Balaban J connectivity index is 2.25. The third-order valence-corrected chi connectivity index (χ3v) is 2.37. The van der Waals surface area contributed by atoms with Crippen LogP contribution in [0.15, 0.2) is 36.4 Å². The van der Waals surface area contributed by atoms with Gasteiger partial charge in [-0.3, -0.25) is 4.79 Å². The molecule has 0 heterocycles. The molecule has 6 heteroatoms. The lowest BCUT2D eigenvalue weighted by Crippen LogP contribution is -2.13. The SMILES string of the molecule is Nc1ccc(NC(=O)c2cc(F)cc(F)c2)c(F)c1. The van der Waals surface area contributed by atoms with Crippen molar-refractivity contribution in [2.45, 2.75) is 0 Å². The Morgan fingerprint density at radius 1 is 1.00 bits per heavy atom. The fourth-order valence-corrected chi connectivity index (χ4v) is 1.51. The molecule has 19 heavy (non-hydrogen) atoms. The average Bonchev–Trinajstić information content (AvgIpc) is 2.31. The number of nitrogen functional groups attached to an aromatic ring is 1. The molecule has 0 aliphatic carbocycles. The number of rotatable bonds is 2. The van der Waals surface area contributed by atoms with Crippen molar-refractivity contribution in [2.24, 2.45) is 0 Å². The van der Waals surface area contributed by atoms with E-state index < -0.39 is 23.4 Å². The number of benzene rings is 2. The molecule has 0 aliphatic heterocycles. The monoisotopic (exact) mass is 266 g/mol. The van der Waals surface area contributed by atoms with Crippen molar-refractivity contribution in [2.75, 3.05) is 11.1 Å². The van der Waals surface area contributed by atoms with Gasteiger partial charge in [-0.2, -0.15) is 0 Å². The minimum Gasteiger partial charge on any atom is -0.399 e. The van der Waals surface area contributed by atoms with Crippen LogP contribution in [-0.4, -0.2) is 5.91 Å². The van der Waals surface area contributed by atoms with Crippen LogP contribution in [0, 0.1) is 17.5 Å². The molecule has 2 aromatic carbocycles. The van der Waals surface area contributed by atoms with E-state index in [0.29, 0.717) is 6.07 Å². The Morgan fingerprint density at radius 3 is 2.21 bits per heavy atom. The first-order chi connectivity index (χ1) is 8.95. The standard InChI is InChI=1S/C13H9F3N2O/c14-8-3-7(4-9(15)5-8)13(19)18-12-2-1-10(17)6-11(12)16/h1-6H,17H2,(H,18,19). The summed E-state index contributed by atoms with van der Waals surface area (Å²) < 4.78 is 39.3. The highest BCUT2D eigenvalue weighted by Crippen LogP contribution is 2.18. The molecule has 3 nitrogen and oxygen atoms in total. The zero-order valence-corrected chi connectivity index (χ0v) is 9.58. The van der Waals surface area contributed by atoms with Crippen molar-refractivity contribution in [1.82, 2.24) is 0 Å². The molecule has 0 bridgehead atoms. The topological polar surface area (TPSA) is 55.1 Å². The minimum absolute atomic E-state index is 0.121. The second-order valence-electron chi connectivity index (χ2n) is 3.85. The molecule has 3 N–H and O–H groups in total. The maximum atomic E-state index is 13.4. The summed E-state index contributed by atoms with van der Waals surface area (Å²) in [6.45, 7) is 0. The van der Waals surface area contributed by atoms with E-state index in [9.17, 15) is 18.0 Å². The van der Waals surface area contributed by atoms with Crippen LogP contribution in [0.3, 0.4) is 0 Å². The third kappa shape index (κ3) is 3.04. The predicted octanol–water partition coefficient (Wildman–Crippen LogP) is 2.94. The molecule has 0 fully saturated rings. The fourth-order valence-electron chi connectivity index (χ4n) is 1.51. The summed E-state index contributed by atoms with van der Waals surface area (Å²) >= 11 is 0. The Kier molecular flexibility index (Phi) is 3.41. The van der Waals surface area contributed by atoms with Crippen molar-refractivity contribution in [3.63, 3.8) is 0 Å². The lowest BCUT2D eigenvalue weighted by atomic mass is 10.2. The lowest BCUT2D eigenvalue weighted by Gasteiger charge is -2.07. The van der Waals surface area contributed by atoms with Crippen molar-refractivity contribution in [1.29, 1.82) is 0 Å². The van der Waals surface area contributed by atoms with Gasteiger partial charge in [0.05, 0.1) is 5.69 Å². The van der Waals surface area contributed by atoms with E-state index in [1.54, 1.807) is 0 Å². The molecule has 2 rings (SSSR count). The first-order valence-electron chi connectivity index (χ1n) is 5.28. The first kappa shape index (κ1) is 12.9. The molecule has 0 saturated carbocycles. The molecular formula is C13H9F3N2O. The Hall–Kier alpha value is -2.50. The van der Waals surface area contributed by atoms with E-state index in [0.717, 1.165) is 18.2 Å². The van der Waals surface area contributed by atoms with Crippen molar-refractivity contribution in [3.05, 3.63) is 59.4 Å². The molecule has 0 aliphatic rings. The van der Waals surface area contributed by atoms with Crippen LogP contribution in [0.4, 0.5) is 24.5 Å². The van der Waals surface area contributed by atoms with Gasteiger partial charge in [0.25, 0.3) is 5.91 Å². The molecular weight excluding hydrogens is 257 g/mol. The molecule has 0 spiro atoms. The Labute approximate surface area is 106 Å². The number of anilines is 2. The number of nitrogens with one attached hydrogen (secondary N) is 1. The summed E-state index contributed by atoms with van der Waals surface area (Å²) in [5.74, 6) is -3.32. The molecule has 0 aromatic heterocycles. The van der Waals surface area contributed by atoms with Gasteiger partial charge in [-0.15, -0.1) is 0 Å². The smallest absolute Gasteiger partial charge is 0.255 e. The maximum absolute atomic E-state index is 13.4. The molecule has 0 atom stereocenters. The zero-order chi connectivity index (χ0) is 14.0. The summed E-state index contributed by atoms with van der Waals surface area (Å²) in [4.78, 5) is 11.7. The highest BCUT2D eigenvalue weighted by Gasteiger charge is 2.11. The number of carbonyl (C=O) groups excluding carboxylic acids is 1. The number of hydrogen-bond acceptors (Lipinski definition) is 2. The van der Waals surface area contributed by atoms with Crippen LogP contribution in [-0.2, 0) is 0 Å². The summed E-state index contributed by atoms with van der Waals surface area (Å²) in [5.41, 5.74) is 5.20. The average molecular weight is 266 g/mol. The second-order valence-corrected chi connectivity index (χ2v) is 3.85. The third-order valence-electron chi connectivity index (χ3n) is 2.37. The van der Waals surface area contributed by atoms with Crippen molar-refractivity contribution >= 4 is 17.3 Å². The van der Waals surface area contributed by atoms with E-state index in [-0.39, 0.29) is 16.9 Å². The van der Waals surface area contributed by atoms with Gasteiger partial charge in [0, 0.05) is 17.3 Å². The highest BCUT2D eigenvalue weighted by atomic mass is 19.1. The van der Waals surface area contributed by atoms with Crippen LogP contribution in [0.5, 0.6) is 0 Å². The van der Waals surface area contributed by atoms with E-state index in [1.807, 2.05) is 0 Å². The van der Waals surface area contributed by atoms with Gasteiger partial charge in [-0.05, 0) is 30.3 Å². The second kappa shape index (κ2) is 5.01. The largest absolute Gasteiger partial charge is 0.399 e. The number of amides is 1. The zero-order valence-electron chi connectivity index (χ0n) is 9.58. The molecule has 98 valence electrons. The molecule has 1 amide bonds. The molecule has 0 saturated heterocycles. The molecule has 2 aromatic rings. The van der Waals surface area contributed by atoms with E-state index in [4.69, 9.17) is 5.73 Å². The van der Waals surface area contributed by atoms with Gasteiger partial charge >= 0.3 is 0 Å². The highest BCUT2D eigenvalue weighted by molar-refractivity contribution is 6.04. The van der Waals surface area contributed by atoms with E-state index in [1.165, 1.54) is 12.1 Å². The van der Waals surface area contributed by atoms with Crippen LogP contribution in [0.1, 0.15) is 10.4 Å². The van der Waals surface area contributed by atoms with E-state index in [2.05, 4.69) is 5.32 Å².